The zero-order valence-corrected chi connectivity index (χ0v) is 13.6. The topological polar surface area (TPSA) is 50.3 Å². The first-order valence-corrected chi connectivity index (χ1v) is 7.29. The van der Waals surface area contributed by atoms with Gasteiger partial charge in [-0.1, -0.05) is 20.8 Å². The number of hydrogen-bond donors (Lipinski definition) is 1. The monoisotopic (exact) mass is 280 g/mol. The van der Waals surface area contributed by atoms with E-state index in [-0.39, 0.29) is 6.04 Å². The van der Waals surface area contributed by atoms with E-state index in [4.69, 9.17) is 9.72 Å². The first-order valence-electron chi connectivity index (χ1n) is 7.29. The van der Waals surface area contributed by atoms with Gasteiger partial charge >= 0.3 is 0 Å². The molecule has 5 heteroatoms. The summed E-state index contributed by atoms with van der Waals surface area (Å²) in [5.74, 6) is 1.24. The molecule has 1 N–H and O–H groups in total. The van der Waals surface area contributed by atoms with Crippen LogP contribution in [0.15, 0.2) is 6.20 Å². The third-order valence-corrected chi connectivity index (χ3v) is 3.37. The molecule has 0 aliphatic carbocycles. The van der Waals surface area contributed by atoms with E-state index >= 15 is 0 Å². The lowest BCUT2D eigenvalue weighted by atomic mass is 10.2. The summed E-state index contributed by atoms with van der Waals surface area (Å²) in [6.45, 7) is 10.8. The number of rotatable bonds is 8. The van der Waals surface area contributed by atoms with Gasteiger partial charge in [-0.15, -0.1) is 0 Å². The summed E-state index contributed by atoms with van der Waals surface area (Å²) in [6.07, 6.45) is 1.93. The molecule has 0 radical (unpaired) electrons. The van der Waals surface area contributed by atoms with Gasteiger partial charge in [-0.3, -0.25) is 0 Å². The molecule has 0 aromatic carbocycles. The first-order chi connectivity index (χ1) is 9.51. The maximum atomic E-state index is 5.23. The van der Waals surface area contributed by atoms with E-state index in [9.17, 15) is 0 Å². The number of likely N-dealkylation sites (N-methyl/N-ethyl adjacent to an activating group) is 1. The quantitative estimate of drug-likeness (QED) is 0.791. The lowest BCUT2D eigenvalue weighted by Crippen LogP contribution is -2.34. The molecule has 0 spiro atoms. The van der Waals surface area contributed by atoms with E-state index < -0.39 is 0 Å². The van der Waals surface area contributed by atoms with Gasteiger partial charge in [0.15, 0.2) is 0 Å². The highest BCUT2D eigenvalue weighted by atomic mass is 16.5. The molecule has 0 fully saturated rings. The molecule has 0 amide bonds. The fraction of sp³-hybridized carbons (Fsp3) is 0.733. The number of nitrogens with one attached hydrogen (secondary N) is 1. The smallest absolute Gasteiger partial charge is 0.131 e. The first kappa shape index (κ1) is 16.9. The summed E-state index contributed by atoms with van der Waals surface area (Å²) in [6, 6.07) is 0.286. The van der Waals surface area contributed by atoms with Crippen molar-refractivity contribution in [2.75, 3.05) is 32.2 Å². The number of ether oxygens (including phenoxy) is 1. The van der Waals surface area contributed by atoms with Crippen molar-refractivity contribution in [2.45, 2.75) is 46.2 Å². The minimum absolute atomic E-state index is 0.286. The van der Waals surface area contributed by atoms with Crippen molar-refractivity contribution in [2.24, 2.45) is 0 Å². The van der Waals surface area contributed by atoms with Gasteiger partial charge in [0, 0.05) is 32.7 Å². The Morgan fingerprint density at radius 3 is 2.60 bits per heavy atom. The van der Waals surface area contributed by atoms with Crippen molar-refractivity contribution in [3.63, 3.8) is 0 Å². The van der Waals surface area contributed by atoms with Crippen LogP contribution in [0.2, 0.25) is 0 Å². The number of aromatic nitrogens is 2. The third-order valence-electron chi connectivity index (χ3n) is 3.37. The Labute approximate surface area is 122 Å². The Morgan fingerprint density at radius 1 is 1.35 bits per heavy atom. The van der Waals surface area contributed by atoms with Crippen molar-refractivity contribution in [3.05, 3.63) is 17.7 Å². The molecule has 1 aromatic heterocycles. The molecule has 0 saturated heterocycles. The molecule has 114 valence electrons. The summed E-state index contributed by atoms with van der Waals surface area (Å²) >= 11 is 0. The Balaban J connectivity index is 3.03. The van der Waals surface area contributed by atoms with Crippen molar-refractivity contribution in [1.29, 1.82) is 0 Å². The predicted molar refractivity (Wildman–Crippen MR) is 83.2 cm³/mol. The van der Waals surface area contributed by atoms with Gasteiger partial charge in [-0.2, -0.15) is 0 Å². The maximum absolute atomic E-state index is 5.23. The molecule has 0 saturated carbocycles. The Kier molecular flexibility index (Phi) is 6.88. The van der Waals surface area contributed by atoms with Crippen LogP contribution < -0.4 is 10.2 Å². The van der Waals surface area contributed by atoms with Gasteiger partial charge in [0.1, 0.15) is 5.82 Å². The SMILES string of the molecule is CCNCc1nc(C(C)C)ncc1N(C)C(C)COC. The van der Waals surface area contributed by atoms with Gasteiger partial charge in [0.25, 0.3) is 0 Å². The maximum Gasteiger partial charge on any atom is 0.131 e. The zero-order valence-electron chi connectivity index (χ0n) is 13.6. The van der Waals surface area contributed by atoms with Gasteiger partial charge in [0.05, 0.1) is 24.2 Å². The fourth-order valence-electron chi connectivity index (χ4n) is 1.96. The fourth-order valence-corrected chi connectivity index (χ4v) is 1.96. The number of anilines is 1. The Hall–Kier alpha value is -1.20. The summed E-state index contributed by atoms with van der Waals surface area (Å²) in [7, 11) is 3.79. The van der Waals surface area contributed by atoms with Crippen LogP contribution in [-0.4, -0.2) is 43.3 Å². The molecule has 0 aliphatic heterocycles. The van der Waals surface area contributed by atoms with Crippen LogP contribution >= 0.6 is 0 Å². The van der Waals surface area contributed by atoms with Crippen LogP contribution in [0, 0.1) is 0 Å². The van der Waals surface area contributed by atoms with Crippen molar-refractivity contribution >= 4 is 5.69 Å². The molecular formula is C15H28N4O. The summed E-state index contributed by atoms with van der Waals surface area (Å²) in [5.41, 5.74) is 2.12. The lowest BCUT2D eigenvalue weighted by Gasteiger charge is -2.28. The van der Waals surface area contributed by atoms with E-state index in [1.807, 2.05) is 6.20 Å². The molecule has 1 unspecified atom stereocenters. The molecule has 0 bridgehead atoms. The molecule has 1 rings (SSSR count). The number of methoxy groups -OCH3 is 1. The molecule has 0 aliphatic rings. The van der Waals surface area contributed by atoms with Crippen LogP contribution in [0.1, 0.15) is 45.1 Å². The number of nitrogens with zero attached hydrogens (tertiary/aromatic N) is 3. The highest BCUT2D eigenvalue weighted by Crippen LogP contribution is 2.21. The van der Waals surface area contributed by atoms with E-state index in [0.717, 1.165) is 30.3 Å². The van der Waals surface area contributed by atoms with Crippen LogP contribution in [0.5, 0.6) is 0 Å². The average Bonchev–Trinajstić information content (AvgIpc) is 2.44. The average molecular weight is 280 g/mol. The Bertz CT molecular complexity index is 409. The second kappa shape index (κ2) is 8.17. The van der Waals surface area contributed by atoms with Crippen LogP contribution in [-0.2, 0) is 11.3 Å². The van der Waals surface area contributed by atoms with E-state index in [1.54, 1.807) is 7.11 Å². The second-order valence-corrected chi connectivity index (χ2v) is 5.41. The largest absolute Gasteiger partial charge is 0.383 e. The summed E-state index contributed by atoms with van der Waals surface area (Å²) in [4.78, 5) is 11.4. The predicted octanol–water partition coefficient (Wildman–Crippen LogP) is 2.18. The Morgan fingerprint density at radius 2 is 2.05 bits per heavy atom. The molecular weight excluding hydrogens is 252 g/mol. The van der Waals surface area contributed by atoms with Crippen LogP contribution in [0.25, 0.3) is 0 Å². The zero-order chi connectivity index (χ0) is 15.1. The van der Waals surface area contributed by atoms with E-state index in [1.165, 1.54) is 0 Å². The summed E-state index contributed by atoms with van der Waals surface area (Å²) < 4.78 is 5.23. The molecule has 1 aromatic rings. The normalized spacial score (nSPS) is 12.8. The van der Waals surface area contributed by atoms with Gasteiger partial charge < -0.3 is 15.0 Å². The number of hydrogen-bond acceptors (Lipinski definition) is 5. The lowest BCUT2D eigenvalue weighted by molar-refractivity contribution is 0.183. The molecule has 20 heavy (non-hydrogen) atoms. The highest BCUT2D eigenvalue weighted by Gasteiger charge is 2.16. The van der Waals surface area contributed by atoms with E-state index in [0.29, 0.717) is 12.5 Å². The minimum atomic E-state index is 0.286. The van der Waals surface area contributed by atoms with Crippen molar-refractivity contribution < 1.29 is 4.74 Å². The van der Waals surface area contributed by atoms with Gasteiger partial charge in [0.2, 0.25) is 0 Å². The highest BCUT2D eigenvalue weighted by molar-refractivity contribution is 5.49. The van der Waals surface area contributed by atoms with Crippen LogP contribution in [0.3, 0.4) is 0 Å². The molecule has 5 nitrogen and oxygen atoms in total. The van der Waals surface area contributed by atoms with Crippen LogP contribution in [0.4, 0.5) is 5.69 Å². The third kappa shape index (κ3) is 4.42. The molecule has 1 atom stereocenters. The van der Waals surface area contributed by atoms with Crippen molar-refractivity contribution in [3.8, 4) is 0 Å². The van der Waals surface area contributed by atoms with Crippen molar-refractivity contribution in [1.82, 2.24) is 15.3 Å². The molecule has 1 heterocycles. The van der Waals surface area contributed by atoms with Gasteiger partial charge in [-0.25, -0.2) is 9.97 Å². The standard InChI is InChI=1S/C15H28N4O/c1-7-16-8-13-14(19(5)12(4)10-20-6)9-17-15(18-13)11(2)3/h9,11-12,16H,7-8,10H2,1-6H3. The minimum Gasteiger partial charge on any atom is -0.383 e. The summed E-state index contributed by atoms with van der Waals surface area (Å²) in [5, 5.41) is 3.35. The van der Waals surface area contributed by atoms with E-state index in [2.05, 4.69) is 49.9 Å². The second-order valence-electron chi connectivity index (χ2n) is 5.41. The van der Waals surface area contributed by atoms with Gasteiger partial charge in [-0.05, 0) is 13.5 Å².